The summed E-state index contributed by atoms with van der Waals surface area (Å²) in [5, 5.41) is 0. The summed E-state index contributed by atoms with van der Waals surface area (Å²) in [6.45, 7) is 8.50. The molecule has 1 aliphatic carbocycles. The summed E-state index contributed by atoms with van der Waals surface area (Å²) >= 11 is 0. The molecule has 2 fully saturated rings. The van der Waals surface area contributed by atoms with E-state index in [-0.39, 0.29) is 11.9 Å². The van der Waals surface area contributed by atoms with E-state index in [1.54, 1.807) is 0 Å². The van der Waals surface area contributed by atoms with Crippen molar-refractivity contribution in [2.75, 3.05) is 20.3 Å². The standard InChI is InChI=1S/C34H54O4/c1-5-12-27(21-28-14-8-9-20-38-24-28)22-33(35)30-16-11-15-29(23-30)32(17-6-7-19-34(36)37-4)31-18-10-13-25(2)26(31)3/h10,13,18,27-30,32H,5-9,11-12,14-17,19-24H2,1-4H3. The van der Waals surface area contributed by atoms with Gasteiger partial charge in [0.25, 0.3) is 0 Å². The molecule has 2 aliphatic rings. The number of ketones is 1. The molecule has 4 heteroatoms. The number of unbranched alkanes of at least 4 members (excludes halogenated alkanes) is 1. The van der Waals surface area contributed by atoms with E-state index in [2.05, 4.69) is 39.0 Å². The Morgan fingerprint density at radius 3 is 2.68 bits per heavy atom. The van der Waals surface area contributed by atoms with Crippen LogP contribution in [0.4, 0.5) is 0 Å². The van der Waals surface area contributed by atoms with Crippen LogP contribution < -0.4 is 0 Å². The van der Waals surface area contributed by atoms with Gasteiger partial charge in [0.2, 0.25) is 0 Å². The lowest BCUT2D eigenvalue weighted by Crippen LogP contribution is -2.28. The summed E-state index contributed by atoms with van der Waals surface area (Å²) in [7, 11) is 1.47. The fourth-order valence-corrected chi connectivity index (χ4v) is 7.23. The van der Waals surface area contributed by atoms with Gasteiger partial charge in [0.15, 0.2) is 0 Å². The van der Waals surface area contributed by atoms with Gasteiger partial charge < -0.3 is 9.47 Å². The Balaban J connectivity index is 1.66. The van der Waals surface area contributed by atoms with Crippen LogP contribution in [0, 0.1) is 37.5 Å². The van der Waals surface area contributed by atoms with Crippen LogP contribution in [0.2, 0.25) is 0 Å². The van der Waals surface area contributed by atoms with Crippen LogP contribution in [0.15, 0.2) is 18.2 Å². The number of esters is 1. The molecule has 1 aromatic rings. The minimum atomic E-state index is -0.117. The van der Waals surface area contributed by atoms with Crippen LogP contribution in [0.3, 0.4) is 0 Å². The van der Waals surface area contributed by atoms with Gasteiger partial charge in [0, 0.05) is 32.0 Å². The predicted molar refractivity (Wildman–Crippen MR) is 155 cm³/mol. The highest BCUT2D eigenvalue weighted by atomic mass is 16.5. The Hall–Kier alpha value is -1.68. The number of aryl methyl sites for hydroxylation is 1. The first-order valence-corrected chi connectivity index (χ1v) is 15.7. The number of carbonyl (C=O) groups is 2. The van der Waals surface area contributed by atoms with E-state index in [4.69, 9.17) is 9.47 Å². The molecule has 1 aromatic carbocycles. The molecular formula is C34H54O4. The van der Waals surface area contributed by atoms with Gasteiger partial charge in [-0.25, -0.2) is 0 Å². The second kappa shape index (κ2) is 16.4. The number of ether oxygens (including phenoxy) is 2. The van der Waals surface area contributed by atoms with E-state index < -0.39 is 0 Å². The third-order valence-corrected chi connectivity index (χ3v) is 9.52. The van der Waals surface area contributed by atoms with Gasteiger partial charge in [-0.05, 0) is 106 Å². The quantitative estimate of drug-likeness (QED) is 0.180. The minimum absolute atomic E-state index is 0.117. The number of benzene rings is 1. The summed E-state index contributed by atoms with van der Waals surface area (Å²) in [6, 6.07) is 6.70. The molecule has 38 heavy (non-hydrogen) atoms. The van der Waals surface area contributed by atoms with Gasteiger partial charge in [-0.3, -0.25) is 9.59 Å². The van der Waals surface area contributed by atoms with E-state index in [0.29, 0.717) is 35.9 Å². The molecule has 1 saturated carbocycles. The Bertz CT molecular complexity index is 854. The minimum Gasteiger partial charge on any atom is -0.469 e. The molecule has 0 aromatic heterocycles. The fraction of sp³-hybridized carbons (Fsp3) is 0.765. The summed E-state index contributed by atoms with van der Waals surface area (Å²) in [6.07, 6.45) is 15.8. The van der Waals surface area contributed by atoms with E-state index in [0.717, 1.165) is 77.4 Å². The first-order chi connectivity index (χ1) is 18.4. The Labute approximate surface area is 232 Å². The smallest absolute Gasteiger partial charge is 0.305 e. The average Bonchev–Trinajstić information content (AvgIpc) is 3.19. The molecule has 3 rings (SSSR count). The van der Waals surface area contributed by atoms with Crippen molar-refractivity contribution in [1.82, 2.24) is 0 Å². The molecule has 4 nitrogen and oxygen atoms in total. The molecule has 1 aliphatic heterocycles. The summed E-state index contributed by atoms with van der Waals surface area (Å²) in [5.41, 5.74) is 4.20. The van der Waals surface area contributed by atoms with Gasteiger partial charge in [-0.15, -0.1) is 0 Å². The van der Waals surface area contributed by atoms with Gasteiger partial charge >= 0.3 is 5.97 Å². The average molecular weight is 527 g/mol. The number of rotatable bonds is 14. The number of hydrogen-bond acceptors (Lipinski definition) is 4. The van der Waals surface area contributed by atoms with Crippen molar-refractivity contribution in [3.63, 3.8) is 0 Å². The molecule has 0 amide bonds. The van der Waals surface area contributed by atoms with Gasteiger partial charge in [0.05, 0.1) is 7.11 Å². The van der Waals surface area contributed by atoms with Crippen LogP contribution in [0.1, 0.15) is 126 Å². The molecule has 0 spiro atoms. The lowest BCUT2D eigenvalue weighted by atomic mass is 9.68. The van der Waals surface area contributed by atoms with Gasteiger partial charge in [-0.2, -0.15) is 0 Å². The highest BCUT2D eigenvalue weighted by Gasteiger charge is 2.34. The Kier molecular flexibility index (Phi) is 13.3. The topological polar surface area (TPSA) is 52.6 Å². The number of Topliss-reactive ketones (excluding diaryl/α,β-unsaturated/α-hetero) is 1. The molecular weight excluding hydrogens is 472 g/mol. The highest BCUT2D eigenvalue weighted by molar-refractivity contribution is 5.81. The van der Waals surface area contributed by atoms with Crippen molar-refractivity contribution in [1.29, 1.82) is 0 Å². The van der Waals surface area contributed by atoms with Crippen LogP contribution in [0.5, 0.6) is 0 Å². The molecule has 0 radical (unpaired) electrons. The van der Waals surface area contributed by atoms with Crippen molar-refractivity contribution >= 4 is 11.8 Å². The molecule has 1 heterocycles. The maximum Gasteiger partial charge on any atom is 0.305 e. The lowest BCUT2D eigenvalue weighted by molar-refractivity contribution is -0.140. The summed E-state index contributed by atoms with van der Waals surface area (Å²) < 4.78 is 10.7. The molecule has 0 N–H and O–H groups in total. The van der Waals surface area contributed by atoms with Crippen molar-refractivity contribution in [2.45, 2.75) is 123 Å². The third-order valence-electron chi connectivity index (χ3n) is 9.52. The van der Waals surface area contributed by atoms with Crippen molar-refractivity contribution in [3.8, 4) is 0 Å². The van der Waals surface area contributed by atoms with E-state index in [9.17, 15) is 9.59 Å². The molecule has 5 atom stereocenters. The van der Waals surface area contributed by atoms with Crippen LogP contribution in [-0.2, 0) is 19.1 Å². The van der Waals surface area contributed by atoms with E-state index in [1.165, 1.54) is 49.5 Å². The van der Waals surface area contributed by atoms with Crippen molar-refractivity contribution in [2.24, 2.45) is 23.7 Å². The predicted octanol–water partition coefficient (Wildman–Crippen LogP) is 8.51. The fourth-order valence-electron chi connectivity index (χ4n) is 7.23. The summed E-state index contributed by atoms with van der Waals surface area (Å²) in [5.74, 6) is 2.74. The normalized spacial score (nSPS) is 23.8. The van der Waals surface area contributed by atoms with Crippen molar-refractivity contribution in [3.05, 3.63) is 34.9 Å². The number of methoxy groups -OCH3 is 1. The van der Waals surface area contributed by atoms with Crippen LogP contribution >= 0.6 is 0 Å². The number of carbonyl (C=O) groups excluding carboxylic acids is 2. The molecule has 1 saturated heterocycles. The maximum absolute atomic E-state index is 13.7. The van der Waals surface area contributed by atoms with E-state index >= 15 is 0 Å². The monoisotopic (exact) mass is 526 g/mol. The van der Waals surface area contributed by atoms with Crippen LogP contribution in [0.25, 0.3) is 0 Å². The zero-order valence-corrected chi connectivity index (χ0v) is 24.8. The Morgan fingerprint density at radius 2 is 1.89 bits per heavy atom. The van der Waals surface area contributed by atoms with Gasteiger partial charge in [0.1, 0.15) is 5.78 Å². The molecule has 5 unspecified atom stereocenters. The largest absolute Gasteiger partial charge is 0.469 e. The Morgan fingerprint density at radius 1 is 1.05 bits per heavy atom. The second-order valence-corrected chi connectivity index (χ2v) is 12.3. The maximum atomic E-state index is 13.7. The van der Waals surface area contributed by atoms with Gasteiger partial charge in [-0.1, -0.05) is 57.2 Å². The zero-order chi connectivity index (χ0) is 27.3. The highest BCUT2D eigenvalue weighted by Crippen LogP contribution is 2.43. The molecule has 0 bridgehead atoms. The summed E-state index contributed by atoms with van der Waals surface area (Å²) in [4.78, 5) is 25.4. The number of hydrogen-bond donors (Lipinski definition) is 0. The van der Waals surface area contributed by atoms with E-state index in [1.807, 2.05) is 0 Å². The zero-order valence-electron chi connectivity index (χ0n) is 24.8. The first-order valence-electron chi connectivity index (χ1n) is 15.7. The lowest BCUT2D eigenvalue weighted by Gasteiger charge is -2.36. The van der Waals surface area contributed by atoms with Crippen molar-refractivity contribution < 1.29 is 19.1 Å². The third kappa shape index (κ3) is 9.50. The molecule has 214 valence electrons. The SMILES string of the molecule is CCCC(CC(=O)C1CCCC(C(CCCCC(=O)OC)c2cccc(C)c2C)C1)CC1CCCCOC1. The van der Waals surface area contributed by atoms with Crippen LogP contribution in [-0.4, -0.2) is 32.1 Å². The first kappa shape index (κ1) is 30.9. The second-order valence-electron chi connectivity index (χ2n) is 12.3.